The van der Waals surface area contributed by atoms with Crippen LogP contribution in [-0.2, 0) is 9.53 Å². The van der Waals surface area contributed by atoms with Crippen molar-refractivity contribution in [2.45, 2.75) is 41.0 Å². The maximum Gasteiger partial charge on any atom is 0.314 e. The van der Waals surface area contributed by atoms with Gasteiger partial charge in [0.1, 0.15) is 5.76 Å². The number of ether oxygens (including phenoxy) is 1. The molecule has 0 amide bonds. The molecule has 0 aliphatic rings. The van der Waals surface area contributed by atoms with Gasteiger partial charge in [-0.1, -0.05) is 32.1 Å². The van der Waals surface area contributed by atoms with Gasteiger partial charge in [0, 0.05) is 0 Å². The van der Waals surface area contributed by atoms with Crippen molar-refractivity contribution in [3.8, 4) is 0 Å². The van der Waals surface area contributed by atoms with Crippen LogP contribution in [0.4, 0.5) is 0 Å². The summed E-state index contributed by atoms with van der Waals surface area (Å²) in [7, 11) is 0. The Kier molecular flexibility index (Phi) is 6.47. The fourth-order valence-corrected chi connectivity index (χ4v) is 1.16. The van der Waals surface area contributed by atoms with Crippen molar-refractivity contribution in [3.63, 3.8) is 0 Å². The van der Waals surface area contributed by atoms with Crippen LogP contribution in [0.2, 0.25) is 0 Å². The van der Waals surface area contributed by atoms with Crippen LogP contribution in [0.5, 0.6) is 0 Å². The molecule has 0 N–H and O–H groups in total. The average molecular weight is 222 g/mol. The summed E-state index contributed by atoms with van der Waals surface area (Å²) in [6.45, 7) is 13.4. The Morgan fingerprint density at radius 3 is 2.31 bits per heavy atom. The molecule has 0 rings (SSSR count). The molecule has 0 aromatic carbocycles. The number of hydrogen-bond donors (Lipinski definition) is 0. The molecule has 0 bridgehead atoms. The van der Waals surface area contributed by atoms with E-state index in [9.17, 15) is 4.79 Å². The lowest BCUT2D eigenvalue weighted by molar-refractivity contribution is -0.143. The van der Waals surface area contributed by atoms with Gasteiger partial charge in [0.2, 0.25) is 0 Å². The van der Waals surface area contributed by atoms with Crippen molar-refractivity contribution in [2.75, 3.05) is 0 Å². The minimum absolute atomic E-state index is 0.0746. The normalized spacial score (nSPS) is 13.6. The van der Waals surface area contributed by atoms with Crippen molar-refractivity contribution >= 4 is 5.97 Å². The van der Waals surface area contributed by atoms with Crippen LogP contribution in [0.1, 0.15) is 41.0 Å². The summed E-state index contributed by atoms with van der Waals surface area (Å²) in [5.74, 6) is 0.278. The minimum Gasteiger partial charge on any atom is -0.426 e. The second kappa shape index (κ2) is 7.04. The van der Waals surface area contributed by atoms with Crippen molar-refractivity contribution < 1.29 is 9.53 Å². The molecule has 0 spiro atoms. The molecule has 0 aromatic rings. The van der Waals surface area contributed by atoms with E-state index in [2.05, 4.69) is 6.58 Å². The van der Waals surface area contributed by atoms with E-state index in [-0.39, 0.29) is 11.9 Å². The number of carbonyl (C=O) groups excluding carboxylic acids is 1. The maximum absolute atomic E-state index is 11.6. The van der Waals surface area contributed by atoms with Crippen LogP contribution in [0.3, 0.4) is 0 Å². The third-order valence-electron chi connectivity index (χ3n) is 2.30. The van der Waals surface area contributed by atoms with Crippen LogP contribution in [0, 0.1) is 5.92 Å². The van der Waals surface area contributed by atoms with E-state index in [4.69, 9.17) is 4.74 Å². The van der Waals surface area contributed by atoms with Crippen molar-refractivity contribution in [2.24, 2.45) is 5.92 Å². The molecule has 2 nitrogen and oxygen atoms in total. The van der Waals surface area contributed by atoms with E-state index in [0.29, 0.717) is 5.76 Å². The van der Waals surface area contributed by atoms with Crippen molar-refractivity contribution in [3.05, 3.63) is 35.6 Å². The average Bonchev–Trinajstić information content (AvgIpc) is 2.23. The first-order valence-electron chi connectivity index (χ1n) is 5.62. The van der Waals surface area contributed by atoms with Gasteiger partial charge in [-0.3, -0.25) is 4.79 Å². The molecule has 2 heteroatoms. The van der Waals surface area contributed by atoms with Gasteiger partial charge in [-0.05, 0) is 38.8 Å². The molecule has 0 aliphatic heterocycles. The number of esters is 1. The predicted octanol–water partition coefficient (Wildman–Crippen LogP) is 4.00. The van der Waals surface area contributed by atoms with E-state index in [1.54, 1.807) is 6.08 Å². The summed E-state index contributed by atoms with van der Waals surface area (Å²) in [5, 5.41) is 0. The quantitative estimate of drug-likeness (QED) is 0.399. The number of rotatable bonds is 5. The van der Waals surface area contributed by atoms with Crippen molar-refractivity contribution in [1.29, 1.82) is 0 Å². The largest absolute Gasteiger partial charge is 0.426 e. The third kappa shape index (κ3) is 4.96. The summed E-state index contributed by atoms with van der Waals surface area (Å²) < 4.78 is 5.29. The Hall–Kier alpha value is -1.31. The number of allylic oxidation sites excluding steroid dienone is 4. The topological polar surface area (TPSA) is 26.3 Å². The molecule has 16 heavy (non-hydrogen) atoms. The predicted molar refractivity (Wildman–Crippen MR) is 67.9 cm³/mol. The maximum atomic E-state index is 11.6. The van der Waals surface area contributed by atoms with Gasteiger partial charge < -0.3 is 4.74 Å². The Labute approximate surface area is 98.7 Å². The van der Waals surface area contributed by atoms with Gasteiger partial charge >= 0.3 is 5.97 Å². The zero-order valence-corrected chi connectivity index (χ0v) is 11.0. The highest BCUT2D eigenvalue weighted by Gasteiger charge is 2.13. The Balaban J connectivity index is 4.83. The Bertz CT molecular complexity index is 318. The van der Waals surface area contributed by atoms with E-state index in [1.165, 1.54) is 0 Å². The highest BCUT2D eigenvalue weighted by Crippen LogP contribution is 2.14. The summed E-state index contributed by atoms with van der Waals surface area (Å²) in [4.78, 5) is 11.6. The van der Waals surface area contributed by atoms with Gasteiger partial charge in [0.15, 0.2) is 0 Å². The molecule has 0 unspecified atom stereocenters. The van der Waals surface area contributed by atoms with Crippen LogP contribution < -0.4 is 0 Å². The summed E-state index contributed by atoms with van der Waals surface area (Å²) >= 11 is 0. The summed E-state index contributed by atoms with van der Waals surface area (Å²) in [5.41, 5.74) is 2.09. The second-order valence-electron chi connectivity index (χ2n) is 4.20. The smallest absolute Gasteiger partial charge is 0.314 e. The van der Waals surface area contributed by atoms with Crippen LogP contribution in [-0.4, -0.2) is 5.97 Å². The van der Waals surface area contributed by atoms with Gasteiger partial charge in [0.05, 0.1) is 5.92 Å². The first-order chi connectivity index (χ1) is 7.42. The van der Waals surface area contributed by atoms with Gasteiger partial charge in [-0.25, -0.2) is 0 Å². The lowest BCUT2D eigenvalue weighted by atomic mass is 10.1. The number of hydrogen-bond acceptors (Lipinski definition) is 2. The summed E-state index contributed by atoms with van der Waals surface area (Å²) in [6, 6.07) is 0. The third-order valence-corrected chi connectivity index (χ3v) is 2.30. The zero-order chi connectivity index (χ0) is 12.7. The van der Waals surface area contributed by atoms with E-state index in [1.807, 2.05) is 40.7 Å². The zero-order valence-electron chi connectivity index (χ0n) is 11.0. The van der Waals surface area contributed by atoms with Crippen LogP contribution in [0.25, 0.3) is 0 Å². The Morgan fingerprint density at radius 1 is 1.38 bits per heavy atom. The highest BCUT2D eigenvalue weighted by atomic mass is 16.5. The van der Waals surface area contributed by atoms with Crippen molar-refractivity contribution in [1.82, 2.24) is 0 Å². The molecule has 90 valence electrons. The monoisotopic (exact) mass is 222 g/mol. The first-order valence-corrected chi connectivity index (χ1v) is 5.62. The molecule has 0 saturated carbocycles. The molecule has 0 radical (unpaired) electrons. The van der Waals surface area contributed by atoms with E-state index >= 15 is 0 Å². The second-order valence-corrected chi connectivity index (χ2v) is 4.20. The molecule has 0 saturated heterocycles. The fourth-order valence-electron chi connectivity index (χ4n) is 1.16. The van der Waals surface area contributed by atoms with Crippen LogP contribution in [0.15, 0.2) is 35.6 Å². The van der Waals surface area contributed by atoms with Crippen LogP contribution >= 0.6 is 0 Å². The van der Waals surface area contributed by atoms with Gasteiger partial charge in [-0.2, -0.15) is 0 Å². The Morgan fingerprint density at radius 2 is 1.94 bits per heavy atom. The molecule has 0 aromatic heterocycles. The highest BCUT2D eigenvalue weighted by molar-refractivity contribution is 5.73. The van der Waals surface area contributed by atoms with E-state index in [0.717, 1.165) is 17.6 Å². The van der Waals surface area contributed by atoms with E-state index < -0.39 is 0 Å². The molecule has 1 atom stereocenters. The first kappa shape index (κ1) is 14.7. The molecule has 0 fully saturated rings. The molecular weight excluding hydrogens is 200 g/mol. The molecule has 0 aliphatic carbocycles. The van der Waals surface area contributed by atoms with Gasteiger partial charge in [-0.15, -0.1) is 0 Å². The minimum atomic E-state index is -0.195. The number of carbonyl (C=O) groups is 1. The lowest BCUT2D eigenvalue weighted by Gasteiger charge is -2.11. The fraction of sp³-hybridized carbons (Fsp3) is 0.500. The molecular formula is C14H22O2. The van der Waals surface area contributed by atoms with Gasteiger partial charge in [0.25, 0.3) is 0 Å². The lowest BCUT2D eigenvalue weighted by Crippen LogP contribution is -2.13. The summed E-state index contributed by atoms with van der Waals surface area (Å²) in [6.07, 6.45) is 4.33. The standard InChI is InChI=1S/C14H22O2/c1-7-11(5)14(15)16-13(8-2)12(6)9-10(3)4/h8-9,11H,2,7H2,1,3-6H3/b13-12+/t11-/m0/s1. The SMILES string of the molecule is C=C/C(OC(=O)[C@@H](C)CC)=C(/C)C=C(C)C. The molecule has 0 heterocycles.